The quantitative estimate of drug-likeness (QED) is 0.621. The molecule has 4 rings (SSSR count). The van der Waals surface area contributed by atoms with Crippen LogP contribution in [-0.2, 0) is 23.1 Å². The number of hydrogen-bond acceptors (Lipinski definition) is 4. The Kier molecular flexibility index (Phi) is 5.56. The molecular weight excluding hydrogens is 384 g/mol. The maximum absolute atomic E-state index is 13.6. The number of anilines is 1. The third-order valence-corrected chi connectivity index (χ3v) is 6.85. The van der Waals surface area contributed by atoms with Gasteiger partial charge in [0, 0.05) is 20.1 Å². The first-order chi connectivity index (χ1) is 14.0. The van der Waals surface area contributed by atoms with Gasteiger partial charge in [0.1, 0.15) is 12.4 Å². The normalized spacial score (nSPS) is 13.8. The lowest BCUT2D eigenvalue weighted by Crippen LogP contribution is -2.32. The summed E-state index contributed by atoms with van der Waals surface area (Å²) in [7, 11) is -1.76. The van der Waals surface area contributed by atoms with Gasteiger partial charge in [-0.05, 0) is 29.3 Å². The van der Waals surface area contributed by atoms with Crippen LogP contribution in [0.25, 0.3) is 0 Å². The number of rotatable bonds is 6. The van der Waals surface area contributed by atoms with Crippen LogP contribution in [0.5, 0.6) is 5.75 Å². The van der Waals surface area contributed by atoms with Crippen LogP contribution in [0.2, 0.25) is 0 Å². The van der Waals surface area contributed by atoms with Crippen molar-refractivity contribution in [2.24, 2.45) is 0 Å². The topological polar surface area (TPSA) is 49.9 Å². The molecule has 0 radical (unpaired) electrons. The van der Waals surface area contributed by atoms with E-state index in [1.807, 2.05) is 72.6 Å². The van der Waals surface area contributed by atoms with Gasteiger partial charge in [-0.15, -0.1) is 0 Å². The monoisotopic (exact) mass is 408 g/mol. The zero-order valence-corrected chi connectivity index (χ0v) is 17.2. The van der Waals surface area contributed by atoms with E-state index in [1.54, 1.807) is 18.2 Å². The average Bonchev–Trinajstić information content (AvgIpc) is 2.75. The van der Waals surface area contributed by atoms with Crippen LogP contribution in [0, 0.1) is 0 Å². The summed E-state index contributed by atoms with van der Waals surface area (Å²) < 4.78 is 34.4. The smallest absolute Gasteiger partial charge is 0.243 e. The molecular formula is C23H24N2O3S. The Labute approximate surface area is 172 Å². The first kappa shape index (κ1) is 19.5. The van der Waals surface area contributed by atoms with Crippen molar-refractivity contribution in [1.29, 1.82) is 0 Å². The van der Waals surface area contributed by atoms with Crippen molar-refractivity contribution in [3.05, 3.63) is 90.0 Å². The zero-order valence-electron chi connectivity index (χ0n) is 16.4. The second-order valence-corrected chi connectivity index (χ2v) is 9.08. The van der Waals surface area contributed by atoms with Gasteiger partial charge in [0.15, 0.2) is 0 Å². The maximum Gasteiger partial charge on any atom is 0.243 e. The molecule has 0 atom stereocenters. The maximum atomic E-state index is 13.6. The summed E-state index contributed by atoms with van der Waals surface area (Å²) in [4.78, 5) is 2.30. The van der Waals surface area contributed by atoms with Gasteiger partial charge in [0.25, 0.3) is 0 Å². The molecule has 0 bridgehead atoms. The highest BCUT2D eigenvalue weighted by Gasteiger charge is 2.27. The van der Waals surface area contributed by atoms with Gasteiger partial charge < -0.3 is 9.64 Å². The van der Waals surface area contributed by atoms with Crippen LogP contribution in [0.3, 0.4) is 0 Å². The lowest BCUT2D eigenvalue weighted by atomic mass is 10.2. The fraction of sp³-hybridized carbons (Fsp3) is 0.217. The predicted molar refractivity (Wildman–Crippen MR) is 115 cm³/mol. The van der Waals surface area contributed by atoms with E-state index in [1.165, 1.54) is 4.31 Å². The molecule has 3 aromatic rings. The fourth-order valence-corrected chi connectivity index (χ4v) is 4.88. The van der Waals surface area contributed by atoms with Crippen molar-refractivity contribution in [3.8, 4) is 5.75 Å². The number of sulfonamides is 1. The fourth-order valence-electron chi connectivity index (χ4n) is 3.44. The Bertz CT molecular complexity index is 1030. The summed E-state index contributed by atoms with van der Waals surface area (Å²) in [5, 5.41) is 0. The van der Waals surface area contributed by atoms with E-state index in [0.29, 0.717) is 19.7 Å². The SMILES string of the molecule is CN1CCOc2ccc(S(=O)(=O)N(Cc3ccccc3)Cc3ccccc3)cc21. The third-order valence-electron chi connectivity index (χ3n) is 5.07. The summed E-state index contributed by atoms with van der Waals surface area (Å²) in [5.74, 6) is 0.718. The number of hydrogen-bond donors (Lipinski definition) is 0. The summed E-state index contributed by atoms with van der Waals surface area (Å²) >= 11 is 0. The minimum Gasteiger partial charge on any atom is -0.490 e. The van der Waals surface area contributed by atoms with Crippen molar-refractivity contribution >= 4 is 15.7 Å². The zero-order chi connectivity index (χ0) is 20.3. The molecule has 0 amide bonds. The first-order valence-electron chi connectivity index (χ1n) is 9.60. The molecule has 1 aliphatic heterocycles. The summed E-state index contributed by atoms with van der Waals surface area (Å²) in [6, 6.07) is 24.4. The van der Waals surface area contributed by atoms with Crippen LogP contribution in [0.4, 0.5) is 5.69 Å². The Hall–Kier alpha value is -2.83. The largest absolute Gasteiger partial charge is 0.490 e. The Morgan fingerprint density at radius 1 is 0.897 bits per heavy atom. The molecule has 29 heavy (non-hydrogen) atoms. The van der Waals surface area contributed by atoms with E-state index in [4.69, 9.17) is 4.74 Å². The van der Waals surface area contributed by atoms with Crippen molar-refractivity contribution in [3.63, 3.8) is 0 Å². The standard InChI is InChI=1S/C23H24N2O3S/c1-24-14-15-28-23-13-12-21(16-22(23)24)29(26,27)25(17-19-8-4-2-5-9-19)18-20-10-6-3-7-11-20/h2-13,16H,14-15,17-18H2,1H3. The van der Waals surface area contributed by atoms with Gasteiger partial charge in [-0.25, -0.2) is 8.42 Å². The van der Waals surface area contributed by atoms with E-state index in [9.17, 15) is 8.42 Å². The molecule has 3 aromatic carbocycles. The number of ether oxygens (including phenoxy) is 1. The van der Waals surface area contributed by atoms with Gasteiger partial charge in [0.2, 0.25) is 10.0 Å². The molecule has 0 N–H and O–H groups in total. The van der Waals surface area contributed by atoms with Crippen LogP contribution in [-0.4, -0.2) is 32.9 Å². The van der Waals surface area contributed by atoms with E-state index in [0.717, 1.165) is 29.1 Å². The molecule has 0 aliphatic carbocycles. The van der Waals surface area contributed by atoms with E-state index in [-0.39, 0.29) is 4.90 Å². The van der Waals surface area contributed by atoms with Gasteiger partial charge in [-0.1, -0.05) is 60.7 Å². The highest BCUT2D eigenvalue weighted by molar-refractivity contribution is 7.89. The van der Waals surface area contributed by atoms with Gasteiger partial charge >= 0.3 is 0 Å². The lowest BCUT2D eigenvalue weighted by molar-refractivity contribution is 0.311. The van der Waals surface area contributed by atoms with E-state index in [2.05, 4.69) is 0 Å². The van der Waals surface area contributed by atoms with Crippen LogP contribution in [0.15, 0.2) is 83.8 Å². The van der Waals surface area contributed by atoms with E-state index >= 15 is 0 Å². The number of nitrogens with zero attached hydrogens (tertiary/aromatic N) is 2. The van der Waals surface area contributed by atoms with E-state index < -0.39 is 10.0 Å². The molecule has 1 heterocycles. The summed E-state index contributed by atoms with van der Waals surface area (Å²) in [6.07, 6.45) is 0. The average molecular weight is 409 g/mol. The van der Waals surface area contributed by atoms with Crippen molar-refractivity contribution in [2.45, 2.75) is 18.0 Å². The Morgan fingerprint density at radius 3 is 2.07 bits per heavy atom. The second-order valence-electron chi connectivity index (χ2n) is 7.14. The second kappa shape index (κ2) is 8.27. The molecule has 0 fully saturated rings. The molecule has 6 heteroatoms. The van der Waals surface area contributed by atoms with Crippen molar-refractivity contribution < 1.29 is 13.2 Å². The Morgan fingerprint density at radius 2 is 1.48 bits per heavy atom. The molecule has 0 unspecified atom stereocenters. The van der Waals surface area contributed by atoms with Crippen LogP contribution < -0.4 is 9.64 Å². The molecule has 5 nitrogen and oxygen atoms in total. The lowest BCUT2D eigenvalue weighted by Gasteiger charge is -2.29. The Balaban J connectivity index is 1.71. The predicted octanol–water partition coefficient (Wildman–Crippen LogP) is 3.91. The molecule has 1 aliphatic rings. The molecule has 0 saturated carbocycles. The molecule has 0 saturated heterocycles. The third kappa shape index (κ3) is 4.28. The highest BCUT2D eigenvalue weighted by atomic mass is 32.2. The molecule has 0 aromatic heterocycles. The number of benzene rings is 3. The summed E-state index contributed by atoms with van der Waals surface area (Å²) in [5.41, 5.74) is 2.70. The van der Waals surface area contributed by atoms with Gasteiger partial charge in [-0.3, -0.25) is 0 Å². The minimum atomic E-state index is -3.70. The van der Waals surface area contributed by atoms with Crippen LogP contribution in [0.1, 0.15) is 11.1 Å². The number of likely N-dealkylation sites (N-methyl/N-ethyl adjacent to an activating group) is 1. The summed E-state index contributed by atoms with van der Waals surface area (Å²) in [6.45, 7) is 1.95. The molecule has 0 spiro atoms. The van der Waals surface area contributed by atoms with Gasteiger partial charge in [0.05, 0.1) is 17.1 Å². The van der Waals surface area contributed by atoms with Crippen molar-refractivity contribution in [1.82, 2.24) is 4.31 Å². The molecule has 150 valence electrons. The number of fused-ring (bicyclic) bond motifs is 1. The minimum absolute atomic E-state index is 0.278. The van der Waals surface area contributed by atoms with Crippen LogP contribution >= 0.6 is 0 Å². The highest BCUT2D eigenvalue weighted by Crippen LogP contribution is 2.34. The first-order valence-corrected chi connectivity index (χ1v) is 11.0. The van der Waals surface area contributed by atoms with Crippen molar-refractivity contribution in [2.75, 3.05) is 25.1 Å². The van der Waals surface area contributed by atoms with Gasteiger partial charge in [-0.2, -0.15) is 4.31 Å².